The molecule has 7 heteroatoms. The summed E-state index contributed by atoms with van der Waals surface area (Å²) in [6, 6.07) is 6.12. The summed E-state index contributed by atoms with van der Waals surface area (Å²) in [5.41, 5.74) is 4.16. The Morgan fingerprint density at radius 3 is 2.90 bits per heavy atom. The molecule has 0 fully saturated rings. The standard InChI is InChI=1S/C13H14N6S/c1-9-3-4-11(5-13(9)19-8-15-17-18-19)14-6-12-7-20-10(2)16-12/h3-5,7-8,14H,6H2,1-2H3. The molecule has 0 aliphatic heterocycles. The molecule has 0 unspecified atom stereocenters. The van der Waals surface area contributed by atoms with Crippen molar-refractivity contribution in [3.8, 4) is 5.69 Å². The molecule has 1 aromatic carbocycles. The zero-order valence-electron chi connectivity index (χ0n) is 11.2. The van der Waals surface area contributed by atoms with Crippen molar-refractivity contribution < 1.29 is 0 Å². The molecule has 102 valence electrons. The molecule has 0 atom stereocenters. The first-order valence-corrected chi connectivity index (χ1v) is 7.09. The van der Waals surface area contributed by atoms with Crippen molar-refractivity contribution in [2.75, 3.05) is 5.32 Å². The number of hydrogen-bond donors (Lipinski definition) is 1. The normalized spacial score (nSPS) is 10.7. The molecule has 1 N–H and O–H groups in total. The monoisotopic (exact) mass is 286 g/mol. The third-order valence-corrected chi connectivity index (χ3v) is 3.77. The lowest BCUT2D eigenvalue weighted by Gasteiger charge is -2.09. The summed E-state index contributed by atoms with van der Waals surface area (Å²) in [5.74, 6) is 0. The average molecular weight is 286 g/mol. The van der Waals surface area contributed by atoms with Crippen molar-refractivity contribution in [1.29, 1.82) is 0 Å². The molecule has 3 rings (SSSR count). The Labute approximate surface area is 120 Å². The molecule has 0 saturated carbocycles. The molecular formula is C13H14N6S. The topological polar surface area (TPSA) is 68.5 Å². The predicted octanol–water partition coefficient (Wildman–Crippen LogP) is 2.35. The van der Waals surface area contributed by atoms with Gasteiger partial charge in [0.15, 0.2) is 0 Å². The van der Waals surface area contributed by atoms with Gasteiger partial charge < -0.3 is 5.32 Å². The number of nitrogens with zero attached hydrogens (tertiary/aromatic N) is 5. The number of anilines is 1. The first-order chi connectivity index (χ1) is 9.72. The minimum Gasteiger partial charge on any atom is -0.379 e. The van der Waals surface area contributed by atoms with Gasteiger partial charge >= 0.3 is 0 Å². The van der Waals surface area contributed by atoms with Gasteiger partial charge in [-0.2, -0.15) is 0 Å². The van der Waals surface area contributed by atoms with Crippen LogP contribution in [-0.4, -0.2) is 25.2 Å². The van der Waals surface area contributed by atoms with E-state index < -0.39 is 0 Å². The van der Waals surface area contributed by atoms with Crippen molar-refractivity contribution in [3.63, 3.8) is 0 Å². The van der Waals surface area contributed by atoms with Gasteiger partial charge in [0.1, 0.15) is 6.33 Å². The summed E-state index contributed by atoms with van der Waals surface area (Å²) >= 11 is 1.66. The first kappa shape index (κ1) is 12.7. The van der Waals surface area contributed by atoms with Crippen LogP contribution in [0.2, 0.25) is 0 Å². The zero-order chi connectivity index (χ0) is 13.9. The molecule has 0 amide bonds. The quantitative estimate of drug-likeness (QED) is 0.797. The summed E-state index contributed by atoms with van der Waals surface area (Å²) in [6.45, 7) is 4.75. The highest BCUT2D eigenvalue weighted by Gasteiger charge is 2.05. The van der Waals surface area contributed by atoms with E-state index in [0.717, 1.165) is 27.6 Å². The predicted molar refractivity (Wildman–Crippen MR) is 78.1 cm³/mol. The Balaban J connectivity index is 1.79. The lowest BCUT2D eigenvalue weighted by molar-refractivity contribution is 0.785. The van der Waals surface area contributed by atoms with Crippen LogP contribution in [-0.2, 0) is 6.54 Å². The molecule has 0 spiro atoms. The van der Waals surface area contributed by atoms with E-state index in [0.29, 0.717) is 6.54 Å². The van der Waals surface area contributed by atoms with Crippen LogP contribution in [0.3, 0.4) is 0 Å². The average Bonchev–Trinajstić information content (AvgIpc) is 3.09. The van der Waals surface area contributed by atoms with E-state index in [1.54, 1.807) is 22.3 Å². The molecule has 0 radical (unpaired) electrons. The van der Waals surface area contributed by atoms with E-state index in [2.05, 4.69) is 31.2 Å². The summed E-state index contributed by atoms with van der Waals surface area (Å²) in [7, 11) is 0. The van der Waals surface area contributed by atoms with E-state index >= 15 is 0 Å². The van der Waals surface area contributed by atoms with Crippen LogP contribution in [0.5, 0.6) is 0 Å². The lowest BCUT2D eigenvalue weighted by Crippen LogP contribution is -2.03. The van der Waals surface area contributed by atoms with Crippen LogP contribution in [0.4, 0.5) is 5.69 Å². The summed E-state index contributed by atoms with van der Waals surface area (Å²) in [6.07, 6.45) is 1.59. The van der Waals surface area contributed by atoms with Gasteiger partial charge in [0.05, 0.1) is 22.9 Å². The van der Waals surface area contributed by atoms with Crippen molar-refractivity contribution in [2.24, 2.45) is 0 Å². The van der Waals surface area contributed by atoms with Crippen molar-refractivity contribution in [3.05, 3.63) is 46.2 Å². The molecule has 0 aliphatic rings. The number of hydrogen-bond acceptors (Lipinski definition) is 6. The van der Waals surface area contributed by atoms with Crippen molar-refractivity contribution in [2.45, 2.75) is 20.4 Å². The Kier molecular flexibility index (Phi) is 3.42. The van der Waals surface area contributed by atoms with Gasteiger partial charge in [-0.25, -0.2) is 9.67 Å². The number of rotatable bonds is 4. The van der Waals surface area contributed by atoms with Crippen LogP contribution in [0, 0.1) is 13.8 Å². The SMILES string of the molecule is Cc1nc(CNc2ccc(C)c(-n3cnnn3)c2)cs1. The largest absolute Gasteiger partial charge is 0.379 e. The third kappa shape index (κ3) is 2.67. The molecule has 3 aromatic rings. The minimum absolute atomic E-state index is 0.711. The minimum atomic E-state index is 0.711. The number of tetrazole rings is 1. The fourth-order valence-corrected chi connectivity index (χ4v) is 2.53. The summed E-state index contributed by atoms with van der Waals surface area (Å²) < 4.78 is 1.66. The van der Waals surface area contributed by atoms with Crippen molar-refractivity contribution >= 4 is 17.0 Å². The Hall–Kier alpha value is -2.28. The zero-order valence-corrected chi connectivity index (χ0v) is 12.1. The highest BCUT2D eigenvalue weighted by atomic mass is 32.1. The van der Waals surface area contributed by atoms with Crippen LogP contribution < -0.4 is 5.32 Å². The van der Waals surface area contributed by atoms with E-state index in [-0.39, 0.29) is 0 Å². The van der Waals surface area contributed by atoms with E-state index in [4.69, 9.17) is 0 Å². The van der Waals surface area contributed by atoms with Gasteiger partial charge in [-0.1, -0.05) is 6.07 Å². The highest BCUT2D eigenvalue weighted by molar-refractivity contribution is 7.09. The van der Waals surface area contributed by atoms with Crippen LogP contribution in [0.15, 0.2) is 29.9 Å². The maximum Gasteiger partial charge on any atom is 0.143 e. The second-order valence-corrected chi connectivity index (χ2v) is 5.53. The van der Waals surface area contributed by atoms with Crippen LogP contribution >= 0.6 is 11.3 Å². The second kappa shape index (κ2) is 5.38. The van der Waals surface area contributed by atoms with Gasteiger partial charge in [0.25, 0.3) is 0 Å². The van der Waals surface area contributed by atoms with Gasteiger partial charge in [0.2, 0.25) is 0 Å². The molecule has 6 nitrogen and oxygen atoms in total. The lowest BCUT2D eigenvalue weighted by atomic mass is 10.2. The smallest absolute Gasteiger partial charge is 0.143 e. The van der Waals surface area contributed by atoms with Crippen molar-refractivity contribution in [1.82, 2.24) is 25.2 Å². The van der Waals surface area contributed by atoms with Gasteiger partial charge in [0, 0.05) is 11.1 Å². The molecule has 0 bridgehead atoms. The molecular weight excluding hydrogens is 272 g/mol. The van der Waals surface area contributed by atoms with E-state index in [9.17, 15) is 0 Å². The maximum atomic E-state index is 4.43. The number of thiazole rings is 1. The summed E-state index contributed by atoms with van der Waals surface area (Å²) in [4.78, 5) is 4.43. The molecule has 0 aliphatic carbocycles. The molecule has 2 heterocycles. The van der Waals surface area contributed by atoms with E-state index in [1.165, 1.54) is 0 Å². The van der Waals surface area contributed by atoms with Crippen LogP contribution in [0.1, 0.15) is 16.3 Å². The number of nitrogens with one attached hydrogen (secondary N) is 1. The molecule has 0 saturated heterocycles. The molecule has 2 aromatic heterocycles. The van der Waals surface area contributed by atoms with E-state index in [1.807, 2.05) is 32.0 Å². The first-order valence-electron chi connectivity index (χ1n) is 6.21. The maximum absolute atomic E-state index is 4.43. The Bertz CT molecular complexity index is 703. The number of aryl methyl sites for hydroxylation is 2. The number of aromatic nitrogens is 5. The molecule has 20 heavy (non-hydrogen) atoms. The Morgan fingerprint density at radius 2 is 2.20 bits per heavy atom. The van der Waals surface area contributed by atoms with Crippen LogP contribution in [0.25, 0.3) is 5.69 Å². The van der Waals surface area contributed by atoms with Gasteiger partial charge in [-0.15, -0.1) is 16.4 Å². The Morgan fingerprint density at radius 1 is 1.30 bits per heavy atom. The van der Waals surface area contributed by atoms with Gasteiger partial charge in [-0.05, 0) is 42.0 Å². The summed E-state index contributed by atoms with van der Waals surface area (Å²) in [5, 5.41) is 17.8. The fraction of sp³-hybridized carbons (Fsp3) is 0.231. The van der Waals surface area contributed by atoms with Gasteiger partial charge in [-0.3, -0.25) is 0 Å². The third-order valence-electron chi connectivity index (χ3n) is 2.95. The second-order valence-electron chi connectivity index (χ2n) is 4.47. The number of benzene rings is 1. The fourth-order valence-electron chi connectivity index (χ4n) is 1.92. The highest BCUT2D eigenvalue weighted by Crippen LogP contribution is 2.19.